The van der Waals surface area contributed by atoms with Crippen LogP contribution in [0.1, 0.15) is 51.3 Å². The Morgan fingerprint density at radius 2 is 1.96 bits per heavy atom. The van der Waals surface area contributed by atoms with Gasteiger partial charge in [0.15, 0.2) is 5.13 Å². The number of benzene rings is 1. The molecule has 0 aliphatic carbocycles. The maximum absolute atomic E-state index is 12.5. The number of hydrogen-bond acceptors (Lipinski definition) is 3. The summed E-state index contributed by atoms with van der Waals surface area (Å²) in [5.74, 6) is 0.195. The van der Waals surface area contributed by atoms with Crippen molar-refractivity contribution in [2.75, 3.05) is 5.32 Å². The lowest BCUT2D eigenvalue weighted by molar-refractivity contribution is -0.120. The van der Waals surface area contributed by atoms with Crippen LogP contribution in [-0.4, -0.2) is 10.9 Å². The molecule has 0 spiro atoms. The number of thiazole rings is 1. The summed E-state index contributed by atoms with van der Waals surface area (Å²) in [5, 5.41) is 3.76. The van der Waals surface area contributed by atoms with Gasteiger partial charge in [0.1, 0.15) is 0 Å². The number of carbonyl (C=O) groups excluding carboxylic acids is 1. The van der Waals surface area contributed by atoms with E-state index in [1.165, 1.54) is 4.88 Å². The van der Waals surface area contributed by atoms with Gasteiger partial charge < -0.3 is 5.32 Å². The minimum atomic E-state index is 0.0871. The summed E-state index contributed by atoms with van der Waals surface area (Å²) in [6.07, 6.45) is 4.98. The number of aryl methyl sites for hydroxylation is 1. The summed E-state index contributed by atoms with van der Waals surface area (Å²) >= 11 is 1.59. The average Bonchev–Trinajstić information content (AvgIpc) is 2.99. The van der Waals surface area contributed by atoms with Crippen LogP contribution in [0.4, 0.5) is 5.13 Å². The Balaban J connectivity index is 2.15. The van der Waals surface area contributed by atoms with Crippen molar-refractivity contribution in [2.45, 2.75) is 52.9 Å². The quantitative estimate of drug-likeness (QED) is 0.691. The van der Waals surface area contributed by atoms with Crippen LogP contribution < -0.4 is 5.32 Å². The molecule has 4 heteroatoms. The van der Waals surface area contributed by atoms with Gasteiger partial charge in [0, 0.05) is 16.4 Å². The minimum Gasteiger partial charge on any atom is -0.302 e. The Morgan fingerprint density at radius 3 is 2.57 bits per heavy atom. The Morgan fingerprint density at radius 1 is 1.22 bits per heavy atom. The number of nitrogens with one attached hydrogen (secondary N) is 1. The molecular formula is C19H26N2OS. The zero-order chi connectivity index (χ0) is 16.7. The average molecular weight is 330 g/mol. The molecule has 0 aliphatic rings. The van der Waals surface area contributed by atoms with E-state index in [0.29, 0.717) is 0 Å². The summed E-state index contributed by atoms with van der Waals surface area (Å²) < 4.78 is 0. The highest BCUT2D eigenvalue weighted by atomic mass is 32.1. The third-order valence-electron chi connectivity index (χ3n) is 4.07. The third-order valence-corrected chi connectivity index (χ3v) is 5.18. The van der Waals surface area contributed by atoms with Crippen molar-refractivity contribution >= 4 is 22.4 Å². The molecule has 0 aliphatic heterocycles. The first-order chi connectivity index (χ1) is 11.2. The third kappa shape index (κ3) is 4.64. The van der Waals surface area contributed by atoms with Crippen molar-refractivity contribution in [1.29, 1.82) is 0 Å². The maximum atomic E-state index is 12.5. The first-order valence-electron chi connectivity index (χ1n) is 8.55. The number of carbonyl (C=O) groups is 1. The molecule has 1 heterocycles. The van der Waals surface area contributed by atoms with Crippen molar-refractivity contribution in [1.82, 2.24) is 4.98 Å². The van der Waals surface area contributed by atoms with Crippen LogP contribution in [0.5, 0.6) is 0 Å². The van der Waals surface area contributed by atoms with Gasteiger partial charge in [0.25, 0.3) is 0 Å². The van der Waals surface area contributed by atoms with Gasteiger partial charge in [-0.05, 0) is 19.3 Å². The van der Waals surface area contributed by atoms with Crippen molar-refractivity contribution in [3.63, 3.8) is 0 Å². The smallest absolute Gasteiger partial charge is 0.229 e. The lowest BCUT2D eigenvalue weighted by Crippen LogP contribution is -2.22. The predicted molar refractivity (Wildman–Crippen MR) is 98.9 cm³/mol. The van der Waals surface area contributed by atoms with Crippen molar-refractivity contribution in [2.24, 2.45) is 5.92 Å². The highest BCUT2D eigenvalue weighted by molar-refractivity contribution is 7.16. The maximum Gasteiger partial charge on any atom is 0.229 e. The van der Waals surface area contributed by atoms with Gasteiger partial charge in [-0.15, -0.1) is 11.3 Å². The summed E-state index contributed by atoms with van der Waals surface area (Å²) in [6.45, 7) is 6.36. The molecule has 0 saturated carbocycles. The molecule has 1 aromatic carbocycles. The van der Waals surface area contributed by atoms with E-state index in [1.807, 2.05) is 18.2 Å². The molecule has 1 aromatic heterocycles. The Bertz CT molecular complexity index is 622. The molecule has 1 atom stereocenters. The minimum absolute atomic E-state index is 0.0871. The molecule has 2 rings (SSSR count). The van der Waals surface area contributed by atoms with Gasteiger partial charge in [0.05, 0.1) is 5.69 Å². The first-order valence-corrected chi connectivity index (χ1v) is 9.37. The van der Waals surface area contributed by atoms with Gasteiger partial charge in [-0.2, -0.15) is 0 Å². The van der Waals surface area contributed by atoms with E-state index in [9.17, 15) is 4.79 Å². The number of rotatable bonds is 8. The molecule has 1 N–H and O–H groups in total. The molecule has 1 unspecified atom stereocenters. The van der Waals surface area contributed by atoms with E-state index in [-0.39, 0.29) is 11.8 Å². The summed E-state index contributed by atoms with van der Waals surface area (Å²) in [4.78, 5) is 18.3. The lowest BCUT2D eigenvalue weighted by Gasteiger charge is -2.12. The van der Waals surface area contributed by atoms with Gasteiger partial charge in [-0.1, -0.05) is 63.9 Å². The van der Waals surface area contributed by atoms with Crippen LogP contribution >= 0.6 is 11.3 Å². The molecule has 0 saturated heterocycles. The number of amides is 1. The Labute approximate surface area is 143 Å². The second-order valence-corrected chi connectivity index (χ2v) is 6.83. The van der Waals surface area contributed by atoms with Crippen LogP contribution in [0.15, 0.2) is 30.3 Å². The van der Waals surface area contributed by atoms with Crippen LogP contribution in [0.25, 0.3) is 11.3 Å². The normalized spacial score (nSPS) is 12.1. The SMILES string of the molecule is CCCCC(CC)C(=O)Nc1nc(-c2ccccc2)c(CC)s1. The molecule has 2 aromatic rings. The van der Waals surface area contributed by atoms with E-state index in [4.69, 9.17) is 0 Å². The fourth-order valence-electron chi connectivity index (χ4n) is 2.64. The second-order valence-electron chi connectivity index (χ2n) is 5.75. The number of anilines is 1. The van der Waals surface area contributed by atoms with Crippen molar-refractivity contribution < 1.29 is 4.79 Å². The molecule has 0 radical (unpaired) electrons. The fraction of sp³-hybridized carbons (Fsp3) is 0.474. The fourth-order valence-corrected chi connectivity index (χ4v) is 3.57. The lowest BCUT2D eigenvalue weighted by atomic mass is 9.99. The molecule has 124 valence electrons. The van der Waals surface area contributed by atoms with E-state index < -0.39 is 0 Å². The van der Waals surface area contributed by atoms with Crippen LogP contribution in [-0.2, 0) is 11.2 Å². The van der Waals surface area contributed by atoms with Crippen molar-refractivity contribution in [3.05, 3.63) is 35.2 Å². The number of nitrogens with zero attached hydrogens (tertiary/aromatic N) is 1. The zero-order valence-electron chi connectivity index (χ0n) is 14.3. The monoisotopic (exact) mass is 330 g/mol. The zero-order valence-corrected chi connectivity index (χ0v) is 15.1. The van der Waals surface area contributed by atoms with Gasteiger partial charge in [0.2, 0.25) is 5.91 Å². The first kappa shape index (κ1) is 17.7. The van der Waals surface area contributed by atoms with E-state index in [1.54, 1.807) is 11.3 Å². The molecule has 3 nitrogen and oxygen atoms in total. The molecule has 0 fully saturated rings. The van der Waals surface area contributed by atoms with Gasteiger partial charge >= 0.3 is 0 Å². The Kier molecular flexibility index (Phi) is 6.78. The van der Waals surface area contributed by atoms with Crippen LogP contribution in [0, 0.1) is 5.92 Å². The predicted octanol–water partition coefficient (Wildman–Crippen LogP) is 5.53. The molecule has 0 bridgehead atoms. The van der Waals surface area contributed by atoms with Gasteiger partial charge in [-0.25, -0.2) is 4.98 Å². The highest BCUT2D eigenvalue weighted by Crippen LogP contribution is 2.32. The number of hydrogen-bond donors (Lipinski definition) is 1. The topological polar surface area (TPSA) is 42.0 Å². The molecule has 1 amide bonds. The number of unbranched alkanes of at least 4 members (excludes halogenated alkanes) is 1. The van der Waals surface area contributed by atoms with Crippen molar-refractivity contribution in [3.8, 4) is 11.3 Å². The Hall–Kier alpha value is -1.68. The standard InChI is InChI=1S/C19H26N2OS/c1-4-7-11-14(5-2)18(22)21-19-20-17(16(6-3)23-19)15-12-9-8-10-13-15/h8-10,12-14H,4-7,11H2,1-3H3,(H,20,21,22). The largest absolute Gasteiger partial charge is 0.302 e. The highest BCUT2D eigenvalue weighted by Gasteiger charge is 2.19. The van der Waals surface area contributed by atoms with Crippen LogP contribution in [0.3, 0.4) is 0 Å². The summed E-state index contributed by atoms with van der Waals surface area (Å²) in [7, 11) is 0. The summed E-state index contributed by atoms with van der Waals surface area (Å²) in [6, 6.07) is 10.2. The second kappa shape index (κ2) is 8.82. The van der Waals surface area contributed by atoms with Crippen LogP contribution in [0.2, 0.25) is 0 Å². The molecular weight excluding hydrogens is 304 g/mol. The van der Waals surface area contributed by atoms with E-state index in [2.05, 4.69) is 43.2 Å². The van der Waals surface area contributed by atoms with Gasteiger partial charge in [-0.3, -0.25) is 4.79 Å². The van der Waals surface area contributed by atoms with E-state index in [0.717, 1.165) is 48.5 Å². The number of aromatic nitrogens is 1. The molecule has 23 heavy (non-hydrogen) atoms. The van der Waals surface area contributed by atoms with E-state index >= 15 is 0 Å². The summed E-state index contributed by atoms with van der Waals surface area (Å²) in [5.41, 5.74) is 2.11.